The summed E-state index contributed by atoms with van der Waals surface area (Å²) in [7, 11) is -5.14. The highest BCUT2D eigenvalue weighted by Gasteiger charge is 2.51. The number of aliphatic hydroxyl groups excluding tert-OH is 5. The van der Waals surface area contributed by atoms with Gasteiger partial charge in [-0.25, -0.2) is 4.57 Å². The van der Waals surface area contributed by atoms with Crippen molar-refractivity contribution in [3.63, 3.8) is 0 Å². The Balaban J connectivity index is 2.54. The van der Waals surface area contributed by atoms with Crippen LogP contribution in [0.2, 0.25) is 0 Å². The molecular formula is C45H73O13P. The quantitative estimate of drug-likeness (QED) is 0.0162. The van der Waals surface area contributed by atoms with Crippen LogP contribution >= 0.6 is 7.82 Å². The standard InChI is InChI=1S/C45H73O13P/c1-3-5-7-9-11-13-15-16-17-18-19-20-21-22-24-25-27-29-31-33-38(46)55-35-37(57-39(47)34-32-30-28-26-23-14-12-10-8-6-4-2)36-56-59(53,54)58-45-43(51)41(49)40(48)42(50)44(45)52/h5,7,10-13,16-17,19-20,22,24,27,29,37,40-45,48-52H,3-4,6,8-9,14-15,18,21,23,25-26,28,30-36H2,1-2H3,(H,53,54)/b7-5+,12-10+,13-11+,17-16+,20-19+,24-22+,29-27+/t37-,40?,41-,42?,43?,44?,45?/m1/s1. The van der Waals surface area contributed by atoms with Gasteiger partial charge in [0, 0.05) is 12.8 Å². The second-order valence-electron chi connectivity index (χ2n) is 14.5. The third-order valence-electron chi connectivity index (χ3n) is 9.23. The lowest BCUT2D eigenvalue weighted by atomic mass is 9.85. The van der Waals surface area contributed by atoms with Gasteiger partial charge in [0.1, 0.15) is 43.2 Å². The highest BCUT2D eigenvalue weighted by molar-refractivity contribution is 7.47. The number of rotatable bonds is 33. The summed E-state index contributed by atoms with van der Waals surface area (Å²) in [6.07, 6.45) is 30.9. The minimum atomic E-state index is -5.14. The van der Waals surface area contributed by atoms with Gasteiger partial charge in [0.15, 0.2) is 6.10 Å². The predicted octanol–water partition coefficient (Wildman–Crippen LogP) is 7.72. The van der Waals surface area contributed by atoms with E-state index in [2.05, 4.69) is 80.7 Å². The third-order valence-corrected chi connectivity index (χ3v) is 10.2. The number of ether oxygens (including phenoxy) is 2. The molecular weight excluding hydrogens is 779 g/mol. The summed E-state index contributed by atoms with van der Waals surface area (Å²) in [5, 5.41) is 50.0. The third kappa shape index (κ3) is 27.5. The van der Waals surface area contributed by atoms with Crippen LogP contribution in [0.5, 0.6) is 0 Å². The molecule has 1 aliphatic carbocycles. The lowest BCUT2D eigenvalue weighted by Gasteiger charge is -2.41. The summed E-state index contributed by atoms with van der Waals surface area (Å²) in [4.78, 5) is 35.5. The summed E-state index contributed by atoms with van der Waals surface area (Å²) >= 11 is 0. The summed E-state index contributed by atoms with van der Waals surface area (Å²) in [6, 6.07) is 0. The number of aliphatic hydroxyl groups is 5. The van der Waals surface area contributed by atoms with E-state index in [1.165, 1.54) is 12.8 Å². The molecule has 0 aromatic rings. The minimum Gasteiger partial charge on any atom is -0.462 e. The highest BCUT2D eigenvalue weighted by atomic mass is 31.2. The Kier molecular flexibility index (Phi) is 31.8. The minimum absolute atomic E-state index is 0.0355. The number of allylic oxidation sites excluding steroid dienone is 14. The fourth-order valence-electron chi connectivity index (χ4n) is 5.76. The lowest BCUT2D eigenvalue weighted by Crippen LogP contribution is -2.64. The number of phosphoric ester groups is 1. The van der Waals surface area contributed by atoms with E-state index in [1.54, 1.807) is 0 Å². The van der Waals surface area contributed by atoms with Crippen molar-refractivity contribution in [2.24, 2.45) is 0 Å². The molecule has 6 N–H and O–H groups in total. The van der Waals surface area contributed by atoms with E-state index in [-0.39, 0.29) is 12.8 Å². The maximum atomic E-state index is 12.8. The second kappa shape index (κ2) is 34.7. The van der Waals surface area contributed by atoms with Gasteiger partial charge in [-0.05, 0) is 70.6 Å². The first-order valence-electron chi connectivity index (χ1n) is 21.4. The normalized spacial score (nSPS) is 23.2. The van der Waals surface area contributed by atoms with Crippen LogP contribution in [-0.4, -0.2) is 98.3 Å². The molecule has 13 nitrogen and oxygen atoms in total. The van der Waals surface area contributed by atoms with Crippen molar-refractivity contribution in [3.8, 4) is 0 Å². The number of carbonyl (C=O) groups excluding carboxylic acids is 2. The molecule has 6 unspecified atom stereocenters. The molecule has 0 aromatic heterocycles. The van der Waals surface area contributed by atoms with Crippen molar-refractivity contribution >= 4 is 19.8 Å². The maximum absolute atomic E-state index is 12.8. The Labute approximate surface area is 352 Å². The SMILES string of the molecule is CC/C=C/C/C=C/C/C=C/C/C=C/C/C=C/C/C=C/CCC(=O)OC[C@H](COP(=O)(O)OC1C(O)C(O)C(O)[C@@H](O)C1O)OC(=O)CCCCCCC/C=C/CCCC. The van der Waals surface area contributed by atoms with Crippen LogP contribution in [-0.2, 0) is 32.7 Å². The zero-order valence-corrected chi connectivity index (χ0v) is 36.1. The molecule has 1 aliphatic rings. The Morgan fingerprint density at radius 2 is 1.00 bits per heavy atom. The van der Waals surface area contributed by atoms with E-state index < -0.39 is 75.7 Å². The van der Waals surface area contributed by atoms with Crippen molar-refractivity contribution < 1.29 is 63.1 Å². The summed E-state index contributed by atoms with van der Waals surface area (Å²) in [5.74, 6) is -1.22. The molecule has 0 heterocycles. The second-order valence-corrected chi connectivity index (χ2v) is 15.9. The fraction of sp³-hybridized carbons (Fsp3) is 0.644. The highest BCUT2D eigenvalue weighted by Crippen LogP contribution is 2.47. The molecule has 0 saturated heterocycles. The van der Waals surface area contributed by atoms with E-state index >= 15 is 0 Å². The first kappa shape index (κ1) is 54.0. The fourth-order valence-corrected chi connectivity index (χ4v) is 6.73. The Morgan fingerprint density at radius 1 is 0.542 bits per heavy atom. The van der Waals surface area contributed by atoms with Crippen molar-refractivity contribution in [2.75, 3.05) is 13.2 Å². The van der Waals surface area contributed by atoms with Gasteiger partial charge in [-0.1, -0.05) is 131 Å². The molecule has 0 spiro atoms. The van der Waals surface area contributed by atoms with Crippen LogP contribution in [0, 0.1) is 0 Å². The Hall–Kier alpha value is -2.97. The van der Waals surface area contributed by atoms with Gasteiger partial charge in [-0.3, -0.25) is 18.6 Å². The van der Waals surface area contributed by atoms with Crippen molar-refractivity contribution in [3.05, 3.63) is 85.1 Å². The van der Waals surface area contributed by atoms with Gasteiger partial charge in [0.25, 0.3) is 0 Å². The summed E-state index contributed by atoms with van der Waals surface area (Å²) < 4.78 is 33.3. The van der Waals surface area contributed by atoms with Crippen molar-refractivity contribution in [1.29, 1.82) is 0 Å². The molecule has 14 heteroatoms. The van der Waals surface area contributed by atoms with Gasteiger partial charge in [0.05, 0.1) is 6.61 Å². The molecule has 8 atom stereocenters. The monoisotopic (exact) mass is 852 g/mol. The number of esters is 2. The number of carbonyl (C=O) groups is 2. The first-order valence-corrected chi connectivity index (χ1v) is 22.9. The zero-order chi connectivity index (χ0) is 43.6. The van der Waals surface area contributed by atoms with Gasteiger partial charge in [-0.15, -0.1) is 0 Å². The van der Waals surface area contributed by atoms with Crippen LogP contribution in [0.25, 0.3) is 0 Å². The topological polar surface area (TPSA) is 210 Å². The number of hydrogen-bond donors (Lipinski definition) is 6. The van der Waals surface area contributed by atoms with Gasteiger partial charge in [0.2, 0.25) is 0 Å². The van der Waals surface area contributed by atoms with Crippen molar-refractivity contribution in [1.82, 2.24) is 0 Å². The zero-order valence-electron chi connectivity index (χ0n) is 35.3. The van der Waals surface area contributed by atoms with Crippen molar-refractivity contribution in [2.45, 2.75) is 172 Å². The van der Waals surface area contributed by atoms with E-state index in [0.29, 0.717) is 19.3 Å². The van der Waals surface area contributed by atoms with E-state index in [9.17, 15) is 44.6 Å². The molecule has 0 bridgehead atoms. The molecule has 0 radical (unpaired) electrons. The average molecular weight is 853 g/mol. The molecule has 0 aromatic carbocycles. The number of hydrogen-bond acceptors (Lipinski definition) is 12. The van der Waals surface area contributed by atoms with Crippen LogP contribution in [0.3, 0.4) is 0 Å². The largest absolute Gasteiger partial charge is 0.472 e. The van der Waals surface area contributed by atoms with Gasteiger partial charge in [-0.2, -0.15) is 0 Å². The van der Waals surface area contributed by atoms with Crippen LogP contribution in [0.15, 0.2) is 85.1 Å². The first-order chi connectivity index (χ1) is 28.4. The average Bonchev–Trinajstić information content (AvgIpc) is 3.21. The molecule has 1 rings (SSSR count). The van der Waals surface area contributed by atoms with Gasteiger partial charge >= 0.3 is 19.8 Å². The van der Waals surface area contributed by atoms with Crippen LogP contribution in [0.1, 0.15) is 129 Å². The molecule has 1 saturated carbocycles. The predicted molar refractivity (Wildman–Crippen MR) is 230 cm³/mol. The molecule has 59 heavy (non-hydrogen) atoms. The van der Waals surface area contributed by atoms with Crippen LogP contribution < -0.4 is 0 Å². The van der Waals surface area contributed by atoms with E-state index in [1.807, 2.05) is 18.2 Å². The smallest absolute Gasteiger partial charge is 0.462 e. The molecule has 336 valence electrons. The maximum Gasteiger partial charge on any atom is 0.472 e. The molecule has 1 fully saturated rings. The van der Waals surface area contributed by atoms with E-state index in [4.69, 9.17) is 18.5 Å². The Morgan fingerprint density at radius 3 is 1.54 bits per heavy atom. The van der Waals surface area contributed by atoms with Gasteiger partial charge < -0.3 is 39.9 Å². The molecule has 0 aliphatic heterocycles. The number of unbranched alkanes of at least 4 members (excludes halogenated alkanes) is 7. The molecule has 0 amide bonds. The summed E-state index contributed by atoms with van der Waals surface area (Å²) in [6.45, 7) is 3.04. The van der Waals surface area contributed by atoms with Crippen LogP contribution in [0.4, 0.5) is 0 Å². The number of phosphoric acid groups is 1. The van der Waals surface area contributed by atoms with E-state index in [0.717, 1.165) is 70.6 Å². The Bertz CT molecular complexity index is 1360. The summed E-state index contributed by atoms with van der Waals surface area (Å²) in [5.41, 5.74) is 0. The lowest BCUT2D eigenvalue weighted by molar-refractivity contribution is -0.220.